The van der Waals surface area contributed by atoms with Gasteiger partial charge in [-0.2, -0.15) is 0 Å². The molecule has 3 N–H and O–H groups in total. The predicted molar refractivity (Wildman–Crippen MR) is 129 cm³/mol. The summed E-state index contributed by atoms with van der Waals surface area (Å²) in [6.45, 7) is 2.68. The zero-order chi connectivity index (χ0) is 22.6. The number of para-hydroxylation sites is 2. The lowest BCUT2D eigenvalue weighted by molar-refractivity contribution is 0.0976. The van der Waals surface area contributed by atoms with E-state index in [1.165, 1.54) is 10.9 Å². The summed E-state index contributed by atoms with van der Waals surface area (Å²) in [6.07, 6.45) is 2.75. The van der Waals surface area contributed by atoms with Crippen LogP contribution in [0.4, 0.5) is 5.69 Å². The van der Waals surface area contributed by atoms with Crippen LogP contribution in [0.15, 0.2) is 77.9 Å². The van der Waals surface area contributed by atoms with E-state index in [0.29, 0.717) is 29.6 Å². The molecule has 2 heterocycles. The van der Waals surface area contributed by atoms with E-state index in [2.05, 4.69) is 32.7 Å². The van der Waals surface area contributed by atoms with Gasteiger partial charge in [0.15, 0.2) is 11.5 Å². The van der Waals surface area contributed by atoms with Gasteiger partial charge in [0.1, 0.15) is 0 Å². The smallest absolute Gasteiger partial charge is 0.258 e. The van der Waals surface area contributed by atoms with Crippen LogP contribution >= 0.6 is 0 Å². The molecule has 0 saturated heterocycles. The summed E-state index contributed by atoms with van der Waals surface area (Å²) in [5.41, 5.74) is 4.70. The fourth-order valence-electron chi connectivity index (χ4n) is 3.80. The number of amides is 1. The van der Waals surface area contributed by atoms with Crippen LogP contribution in [0.2, 0.25) is 0 Å². The molecular weight excluding hydrogens is 416 g/mol. The van der Waals surface area contributed by atoms with Crippen LogP contribution in [0.25, 0.3) is 10.9 Å². The van der Waals surface area contributed by atoms with Gasteiger partial charge >= 0.3 is 0 Å². The predicted octanol–water partition coefficient (Wildman–Crippen LogP) is 4.65. The van der Waals surface area contributed by atoms with Crippen molar-refractivity contribution in [3.8, 4) is 11.5 Å². The van der Waals surface area contributed by atoms with Crippen LogP contribution < -0.4 is 20.1 Å². The Balaban J connectivity index is 1.35. The highest BCUT2D eigenvalue weighted by Crippen LogP contribution is 2.32. The van der Waals surface area contributed by atoms with Crippen molar-refractivity contribution in [1.29, 1.82) is 0 Å². The molecule has 0 saturated carbocycles. The van der Waals surface area contributed by atoms with Crippen LogP contribution in [0.3, 0.4) is 0 Å². The fourth-order valence-corrected chi connectivity index (χ4v) is 3.80. The lowest BCUT2D eigenvalue weighted by Crippen LogP contribution is -2.36. The molecule has 1 aromatic heterocycles. The molecule has 5 rings (SSSR count). The SMILES string of the molecule is Cc1ccccc1NC(=NCCc1c[nH]c2ccccc12)NC(=O)c1ccc2c(c1)OCO2. The number of benzene rings is 3. The van der Waals surface area contributed by atoms with E-state index in [0.717, 1.165) is 23.2 Å². The van der Waals surface area contributed by atoms with Gasteiger partial charge < -0.3 is 19.8 Å². The lowest BCUT2D eigenvalue weighted by atomic mass is 10.1. The first kappa shape index (κ1) is 20.6. The standard InChI is InChI=1S/C26H24N4O3/c1-17-6-2-4-8-21(17)29-26(27-13-12-19-15-28-22-9-5-3-7-20(19)22)30-25(31)18-10-11-23-24(14-18)33-16-32-23/h2-11,14-15,28H,12-13,16H2,1H3,(H2,27,29,30,31). The van der Waals surface area contributed by atoms with E-state index in [4.69, 9.17) is 9.47 Å². The number of hydrogen-bond donors (Lipinski definition) is 3. The molecule has 166 valence electrons. The van der Waals surface area contributed by atoms with Crippen molar-refractivity contribution >= 4 is 28.5 Å². The van der Waals surface area contributed by atoms with Gasteiger partial charge in [-0.05, 0) is 54.8 Å². The average molecular weight is 441 g/mol. The number of carbonyl (C=O) groups excluding carboxylic acids is 1. The molecule has 0 aliphatic carbocycles. The van der Waals surface area contributed by atoms with E-state index in [9.17, 15) is 4.79 Å². The maximum atomic E-state index is 13.0. The number of nitrogens with one attached hydrogen (secondary N) is 3. The van der Waals surface area contributed by atoms with E-state index in [1.54, 1.807) is 18.2 Å². The van der Waals surface area contributed by atoms with Crippen LogP contribution in [-0.4, -0.2) is 30.2 Å². The summed E-state index contributed by atoms with van der Waals surface area (Å²) < 4.78 is 10.7. The second-order valence-electron chi connectivity index (χ2n) is 7.80. The van der Waals surface area contributed by atoms with Gasteiger partial charge in [-0.3, -0.25) is 15.1 Å². The average Bonchev–Trinajstić information content (AvgIpc) is 3.47. The molecule has 0 bridgehead atoms. The van der Waals surface area contributed by atoms with Crippen molar-refractivity contribution in [2.75, 3.05) is 18.7 Å². The second kappa shape index (κ2) is 9.08. The van der Waals surface area contributed by atoms with Gasteiger partial charge in [-0.25, -0.2) is 0 Å². The number of nitrogens with zero attached hydrogens (tertiary/aromatic N) is 1. The van der Waals surface area contributed by atoms with E-state index >= 15 is 0 Å². The van der Waals surface area contributed by atoms with Gasteiger partial charge in [0.05, 0.1) is 0 Å². The van der Waals surface area contributed by atoms with Crippen LogP contribution in [0, 0.1) is 6.92 Å². The molecule has 1 aliphatic heterocycles. The molecule has 0 atom stereocenters. The zero-order valence-electron chi connectivity index (χ0n) is 18.2. The molecule has 0 spiro atoms. The Bertz CT molecular complexity index is 1340. The number of hydrogen-bond acceptors (Lipinski definition) is 4. The number of guanidine groups is 1. The van der Waals surface area contributed by atoms with Crippen molar-refractivity contribution in [3.05, 3.63) is 89.6 Å². The number of aromatic nitrogens is 1. The number of fused-ring (bicyclic) bond motifs is 2. The maximum absolute atomic E-state index is 13.0. The van der Waals surface area contributed by atoms with E-state index < -0.39 is 0 Å². The first-order valence-corrected chi connectivity index (χ1v) is 10.8. The first-order chi connectivity index (χ1) is 16.2. The minimum atomic E-state index is -0.278. The summed E-state index contributed by atoms with van der Waals surface area (Å²) in [7, 11) is 0. The van der Waals surface area contributed by atoms with Crippen LogP contribution in [0.1, 0.15) is 21.5 Å². The van der Waals surface area contributed by atoms with Gasteiger partial charge in [0.25, 0.3) is 5.91 Å². The summed E-state index contributed by atoms with van der Waals surface area (Å²) >= 11 is 0. The Morgan fingerprint density at radius 2 is 1.85 bits per heavy atom. The summed E-state index contributed by atoms with van der Waals surface area (Å²) in [5, 5.41) is 7.37. The number of carbonyl (C=O) groups is 1. The molecule has 0 fully saturated rings. The molecule has 0 radical (unpaired) electrons. The third-order valence-corrected chi connectivity index (χ3v) is 5.59. The lowest BCUT2D eigenvalue weighted by Gasteiger charge is -2.14. The van der Waals surface area contributed by atoms with Gasteiger partial charge in [-0.1, -0.05) is 36.4 Å². The highest BCUT2D eigenvalue weighted by atomic mass is 16.7. The monoisotopic (exact) mass is 440 g/mol. The van der Waals surface area contributed by atoms with Gasteiger partial charge in [-0.15, -0.1) is 0 Å². The third-order valence-electron chi connectivity index (χ3n) is 5.59. The molecule has 7 heteroatoms. The van der Waals surface area contributed by atoms with Crippen molar-refractivity contribution < 1.29 is 14.3 Å². The number of H-pyrrole nitrogens is 1. The number of rotatable bonds is 5. The fraction of sp³-hybridized carbons (Fsp3) is 0.154. The summed E-state index contributed by atoms with van der Waals surface area (Å²) in [6, 6.07) is 21.2. The Morgan fingerprint density at radius 3 is 2.76 bits per heavy atom. The van der Waals surface area contributed by atoms with Gasteiger partial charge in [0, 0.05) is 34.9 Å². The molecule has 0 unspecified atom stereocenters. The normalized spacial score (nSPS) is 12.7. The van der Waals surface area contributed by atoms with Crippen LogP contribution in [-0.2, 0) is 6.42 Å². The molecule has 3 aromatic carbocycles. The molecule has 33 heavy (non-hydrogen) atoms. The number of aliphatic imine (C=N–C) groups is 1. The van der Waals surface area contributed by atoms with E-state index in [1.807, 2.05) is 49.5 Å². The summed E-state index contributed by atoms with van der Waals surface area (Å²) in [5.74, 6) is 1.32. The summed E-state index contributed by atoms with van der Waals surface area (Å²) in [4.78, 5) is 20.9. The van der Waals surface area contributed by atoms with Crippen LogP contribution in [0.5, 0.6) is 11.5 Å². The van der Waals surface area contributed by atoms with Crippen molar-refractivity contribution in [3.63, 3.8) is 0 Å². The van der Waals surface area contributed by atoms with Crippen molar-refractivity contribution in [1.82, 2.24) is 10.3 Å². The minimum absolute atomic E-state index is 0.162. The molecule has 7 nitrogen and oxygen atoms in total. The second-order valence-corrected chi connectivity index (χ2v) is 7.80. The highest BCUT2D eigenvalue weighted by Gasteiger charge is 2.17. The molecule has 4 aromatic rings. The zero-order valence-corrected chi connectivity index (χ0v) is 18.2. The minimum Gasteiger partial charge on any atom is -0.454 e. The number of anilines is 1. The quantitative estimate of drug-likeness (QED) is 0.312. The van der Waals surface area contributed by atoms with Crippen molar-refractivity contribution in [2.45, 2.75) is 13.3 Å². The first-order valence-electron chi connectivity index (χ1n) is 10.8. The Kier molecular flexibility index (Phi) is 5.68. The number of aromatic amines is 1. The van der Waals surface area contributed by atoms with Gasteiger partial charge in [0.2, 0.25) is 12.8 Å². The Hall–Kier alpha value is -4.26. The largest absolute Gasteiger partial charge is 0.454 e. The number of aryl methyl sites for hydroxylation is 1. The topological polar surface area (TPSA) is 87.7 Å². The molecular formula is C26H24N4O3. The highest BCUT2D eigenvalue weighted by molar-refractivity contribution is 6.10. The Labute approximate surface area is 191 Å². The molecule has 1 aliphatic rings. The van der Waals surface area contributed by atoms with Crippen molar-refractivity contribution in [2.24, 2.45) is 4.99 Å². The Morgan fingerprint density at radius 1 is 1.03 bits per heavy atom. The third kappa shape index (κ3) is 4.52. The maximum Gasteiger partial charge on any atom is 0.258 e. The van der Waals surface area contributed by atoms with E-state index in [-0.39, 0.29) is 12.7 Å². The number of ether oxygens (including phenoxy) is 2. The molecule has 1 amide bonds.